The highest BCUT2D eigenvalue weighted by atomic mass is 16.4. The van der Waals surface area contributed by atoms with Crippen LogP contribution in [0.5, 0.6) is 0 Å². The van der Waals surface area contributed by atoms with Gasteiger partial charge >= 0.3 is 5.97 Å². The molecule has 0 amide bonds. The monoisotopic (exact) mass is 250 g/mol. The van der Waals surface area contributed by atoms with E-state index in [0.29, 0.717) is 11.5 Å². The lowest BCUT2D eigenvalue weighted by Crippen LogP contribution is -2.51. The van der Waals surface area contributed by atoms with Gasteiger partial charge in [-0.25, -0.2) is 4.79 Å². The fraction of sp³-hybridized carbons (Fsp3) is 0.667. The van der Waals surface area contributed by atoms with E-state index in [1.54, 1.807) is 6.08 Å². The van der Waals surface area contributed by atoms with Gasteiger partial charge in [-0.3, -0.25) is 0 Å². The van der Waals surface area contributed by atoms with Crippen LogP contribution in [0.1, 0.15) is 39.5 Å². The summed E-state index contributed by atoms with van der Waals surface area (Å²) in [5.41, 5.74) is 1.60. The van der Waals surface area contributed by atoms with Crippen molar-refractivity contribution < 1.29 is 15.0 Å². The van der Waals surface area contributed by atoms with E-state index in [-0.39, 0.29) is 17.8 Å². The fourth-order valence-electron chi connectivity index (χ4n) is 3.63. The number of fused-ring (bicyclic) bond motifs is 1. The molecule has 0 unspecified atom stereocenters. The van der Waals surface area contributed by atoms with Crippen molar-refractivity contribution in [2.24, 2.45) is 17.3 Å². The molecule has 100 valence electrons. The first kappa shape index (κ1) is 13.3. The Kier molecular flexibility index (Phi) is 3.37. The van der Waals surface area contributed by atoms with Crippen molar-refractivity contribution in [1.29, 1.82) is 0 Å². The first-order chi connectivity index (χ1) is 8.33. The maximum absolute atomic E-state index is 11.1. The van der Waals surface area contributed by atoms with E-state index >= 15 is 0 Å². The number of carboxylic acids is 1. The number of aliphatic hydroxyl groups is 1. The minimum Gasteiger partial charge on any atom is -0.478 e. The zero-order chi connectivity index (χ0) is 13.5. The molecule has 1 fully saturated rings. The van der Waals surface area contributed by atoms with Crippen molar-refractivity contribution in [3.63, 3.8) is 0 Å². The summed E-state index contributed by atoms with van der Waals surface area (Å²) in [6, 6.07) is 0. The number of hydrogen-bond acceptors (Lipinski definition) is 2. The predicted molar refractivity (Wildman–Crippen MR) is 70.1 cm³/mol. The van der Waals surface area contributed by atoms with Crippen LogP contribution in [-0.2, 0) is 4.79 Å². The quantitative estimate of drug-likeness (QED) is 0.703. The number of allylic oxidation sites excluding steroid dienone is 2. The summed E-state index contributed by atoms with van der Waals surface area (Å²) in [7, 11) is 0. The largest absolute Gasteiger partial charge is 0.478 e. The summed E-state index contributed by atoms with van der Waals surface area (Å²) in [5, 5.41) is 19.5. The van der Waals surface area contributed by atoms with Crippen LogP contribution >= 0.6 is 0 Å². The van der Waals surface area contributed by atoms with E-state index in [4.69, 9.17) is 5.11 Å². The molecular formula is C15H22O3. The lowest BCUT2D eigenvalue weighted by atomic mass is 9.51. The third kappa shape index (κ3) is 2.24. The molecule has 0 aromatic heterocycles. The number of hydrogen-bond donors (Lipinski definition) is 2. The van der Waals surface area contributed by atoms with Crippen LogP contribution in [-0.4, -0.2) is 22.3 Å². The Hall–Kier alpha value is -1.09. The Labute approximate surface area is 108 Å². The zero-order valence-electron chi connectivity index (χ0n) is 11.1. The molecule has 3 atom stereocenters. The van der Waals surface area contributed by atoms with Crippen LogP contribution in [0, 0.1) is 17.3 Å². The Morgan fingerprint density at radius 2 is 2.17 bits per heavy atom. The highest BCUT2D eigenvalue weighted by molar-refractivity contribution is 5.86. The number of carboxylic acid groups (broad SMARTS) is 1. The SMILES string of the molecule is C=C1CC/C=C(/C(=O)O)C[C@@H](O)[C@H]2[C@H]1CC2(C)C. The van der Waals surface area contributed by atoms with Gasteiger partial charge in [0.15, 0.2) is 0 Å². The molecule has 0 spiro atoms. The van der Waals surface area contributed by atoms with Crippen molar-refractivity contribution in [3.8, 4) is 0 Å². The molecule has 2 aliphatic carbocycles. The van der Waals surface area contributed by atoms with E-state index < -0.39 is 12.1 Å². The standard InChI is InChI=1S/C15H22O3/c1-9-5-4-6-10(14(17)18)7-12(16)13-11(9)8-15(13,2)3/h6,11-13,16H,1,4-5,7-8H2,2-3H3,(H,17,18)/b10-6+/t11-,12+,13+/m0/s1. The minimum absolute atomic E-state index is 0.0843. The summed E-state index contributed by atoms with van der Waals surface area (Å²) in [4.78, 5) is 11.1. The maximum atomic E-state index is 11.1. The number of aliphatic carboxylic acids is 1. The Bertz CT molecular complexity index is 406. The summed E-state index contributed by atoms with van der Waals surface area (Å²) in [6.45, 7) is 8.41. The van der Waals surface area contributed by atoms with Gasteiger partial charge in [0, 0.05) is 12.0 Å². The van der Waals surface area contributed by atoms with Gasteiger partial charge in [0.2, 0.25) is 0 Å². The van der Waals surface area contributed by atoms with Crippen LogP contribution in [0.3, 0.4) is 0 Å². The minimum atomic E-state index is -0.907. The first-order valence-corrected chi connectivity index (χ1v) is 6.61. The number of carbonyl (C=O) groups is 1. The van der Waals surface area contributed by atoms with Gasteiger partial charge < -0.3 is 10.2 Å². The van der Waals surface area contributed by atoms with Gasteiger partial charge in [-0.1, -0.05) is 32.1 Å². The van der Waals surface area contributed by atoms with Crippen LogP contribution in [0.25, 0.3) is 0 Å². The molecular weight excluding hydrogens is 228 g/mol. The van der Waals surface area contributed by atoms with E-state index in [1.165, 1.54) is 5.57 Å². The first-order valence-electron chi connectivity index (χ1n) is 6.61. The third-order valence-electron chi connectivity index (χ3n) is 4.58. The smallest absolute Gasteiger partial charge is 0.331 e. The zero-order valence-corrected chi connectivity index (χ0v) is 11.1. The molecule has 3 nitrogen and oxygen atoms in total. The summed E-state index contributed by atoms with van der Waals surface area (Å²) < 4.78 is 0. The van der Waals surface area contributed by atoms with Crippen molar-refractivity contribution >= 4 is 5.97 Å². The summed E-state index contributed by atoms with van der Waals surface area (Å²) in [5.74, 6) is -0.405. The van der Waals surface area contributed by atoms with Gasteiger partial charge in [-0.2, -0.15) is 0 Å². The fourth-order valence-corrected chi connectivity index (χ4v) is 3.63. The second-order valence-corrected chi connectivity index (χ2v) is 6.33. The second-order valence-electron chi connectivity index (χ2n) is 6.33. The van der Waals surface area contributed by atoms with Gasteiger partial charge in [0.1, 0.15) is 0 Å². The van der Waals surface area contributed by atoms with E-state index in [1.807, 2.05) is 0 Å². The van der Waals surface area contributed by atoms with Gasteiger partial charge in [-0.05, 0) is 36.5 Å². The molecule has 0 heterocycles. The van der Waals surface area contributed by atoms with Gasteiger partial charge in [0.05, 0.1) is 6.10 Å². The Balaban J connectivity index is 2.25. The maximum Gasteiger partial charge on any atom is 0.331 e. The molecule has 1 saturated carbocycles. The Morgan fingerprint density at radius 1 is 1.50 bits per heavy atom. The molecule has 0 saturated heterocycles. The lowest BCUT2D eigenvalue weighted by molar-refractivity contribution is -0.134. The molecule has 2 aliphatic rings. The Morgan fingerprint density at radius 3 is 2.72 bits per heavy atom. The van der Waals surface area contributed by atoms with E-state index in [0.717, 1.165) is 19.3 Å². The number of rotatable bonds is 1. The van der Waals surface area contributed by atoms with Crippen molar-refractivity contribution in [2.45, 2.75) is 45.6 Å². The van der Waals surface area contributed by atoms with Crippen molar-refractivity contribution in [2.75, 3.05) is 0 Å². The molecule has 18 heavy (non-hydrogen) atoms. The van der Waals surface area contributed by atoms with Crippen LogP contribution in [0.15, 0.2) is 23.8 Å². The summed E-state index contributed by atoms with van der Waals surface area (Å²) in [6.07, 6.45) is 4.03. The third-order valence-corrected chi connectivity index (χ3v) is 4.58. The topological polar surface area (TPSA) is 57.5 Å². The van der Waals surface area contributed by atoms with E-state index in [2.05, 4.69) is 20.4 Å². The molecule has 0 bridgehead atoms. The molecule has 3 heteroatoms. The molecule has 2 rings (SSSR count). The normalized spacial score (nSPS) is 38.3. The van der Waals surface area contributed by atoms with Crippen LogP contribution in [0.4, 0.5) is 0 Å². The molecule has 0 aromatic rings. The number of aliphatic hydroxyl groups excluding tert-OH is 1. The highest BCUT2D eigenvalue weighted by Crippen LogP contribution is 2.56. The summed E-state index contributed by atoms with van der Waals surface area (Å²) >= 11 is 0. The molecule has 2 N–H and O–H groups in total. The van der Waals surface area contributed by atoms with Gasteiger partial charge in [0.25, 0.3) is 0 Å². The molecule has 0 aromatic carbocycles. The molecule has 0 radical (unpaired) electrons. The van der Waals surface area contributed by atoms with Gasteiger partial charge in [-0.15, -0.1) is 0 Å². The van der Waals surface area contributed by atoms with Crippen molar-refractivity contribution in [3.05, 3.63) is 23.8 Å². The lowest BCUT2D eigenvalue weighted by Gasteiger charge is -2.54. The van der Waals surface area contributed by atoms with Crippen molar-refractivity contribution in [1.82, 2.24) is 0 Å². The average Bonchev–Trinajstić information content (AvgIpc) is 2.27. The van der Waals surface area contributed by atoms with Crippen LogP contribution < -0.4 is 0 Å². The van der Waals surface area contributed by atoms with Crippen LogP contribution in [0.2, 0.25) is 0 Å². The molecule has 0 aliphatic heterocycles. The second kappa shape index (κ2) is 4.54. The predicted octanol–water partition coefficient (Wildman–Crippen LogP) is 2.76. The van der Waals surface area contributed by atoms with E-state index in [9.17, 15) is 9.90 Å². The highest BCUT2D eigenvalue weighted by Gasteiger charge is 2.51. The average molecular weight is 250 g/mol.